The van der Waals surface area contributed by atoms with Gasteiger partial charge in [0.25, 0.3) is 4.90 Å². The Labute approximate surface area is 68.5 Å². The van der Waals surface area contributed by atoms with Gasteiger partial charge in [0, 0.05) is 20.9 Å². The van der Waals surface area contributed by atoms with Crippen LogP contribution in [-0.4, -0.2) is 0 Å². The molecule has 0 saturated carbocycles. The van der Waals surface area contributed by atoms with E-state index in [-0.39, 0.29) is 0 Å². The number of rotatable bonds is 1. The monoisotopic (exact) mass is 173 g/mol. The summed E-state index contributed by atoms with van der Waals surface area (Å²) in [5.41, 5.74) is 0.865. The van der Waals surface area contributed by atoms with Gasteiger partial charge in [-0.3, -0.25) is 0 Å². The fourth-order valence-electron chi connectivity index (χ4n) is 0.678. The van der Waals surface area contributed by atoms with Crippen molar-refractivity contribution in [3.63, 3.8) is 0 Å². The Kier molecular flexibility index (Phi) is 2.35. The summed E-state index contributed by atoms with van der Waals surface area (Å²) in [6, 6.07) is 5.31. The number of halogens is 1. The van der Waals surface area contributed by atoms with E-state index in [0.29, 0.717) is 21.6 Å². The zero-order valence-corrected chi connectivity index (χ0v) is 7.00. The lowest BCUT2D eigenvalue weighted by atomic mass is 10.2. The molecule has 10 heavy (non-hydrogen) atoms. The fraction of sp³-hybridized carbons (Fsp3) is 0.143. The largest absolute Gasteiger partial charge is 0.505 e. The third-order valence-corrected chi connectivity index (χ3v) is 2.34. The maximum Gasteiger partial charge on any atom is 0.505 e. The number of hydrogen-bond donors (Lipinski definition) is 0. The van der Waals surface area contributed by atoms with Crippen LogP contribution in [0.25, 0.3) is 0 Å². The van der Waals surface area contributed by atoms with E-state index in [0.717, 1.165) is 5.56 Å². The van der Waals surface area contributed by atoms with Crippen molar-refractivity contribution in [1.82, 2.24) is 0 Å². The van der Waals surface area contributed by atoms with E-state index < -0.39 is 0 Å². The van der Waals surface area contributed by atoms with Gasteiger partial charge in [-0.2, -0.15) is 0 Å². The summed E-state index contributed by atoms with van der Waals surface area (Å²) in [4.78, 5) is 0.701. The Bertz CT molecular complexity index is 260. The van der Waals surface area contributed by atoms with E-state index in [9.17, 15) is 4.21 Å². The van der Waals surface area contributed by atoms with E-state index in [2.05, 4.69) is 0 Å². The minimum Gasteiger partial charge on any atom is -0.0838 e. The van der Waals surface area contributed by atoms with Crippen LogP contribution in [0.4, 0.5) is 0 Å². The molecule has 1 aromatic rings. The zero-order chi connectivity index (χ0) is 7.56. The molecule has 0 bridgehead atoms. The summed E-state index contributed by atoms with van der Waals surface area (Å²) in [5.74, 6) is 0. The highest BCUT2D eigenvalue weighted by Gasteiger charge is 2.11. The van der Waals surface area contributed by atoms with Crippen LogP contribution in [0.1, 0.15) is 5.56 Å². The third kappa shape index (κ3) is 1.33. The molecule has 0 saturated heterocycles. The standard InChI is InChI=1S/C7H6ClOS/c1-5-6(8)3-2-4-7(5)10-9/h2-4H,1H3/q+1. The predicted molar refractivity (Wildman–Crippen MR) is 42.5 cm³/mol. The molecule has 0 amide bonds. The molecule has 52 valence electrons. The molecule has 0 heterocycles. The highest BCUT2D eigenvalue weighted by atomic mass is 35.5. The summed E-state index contributed by atoms with van der Waals surface area (Å²) in [6.07, 6.45) is 0. The molecular weight excluding hydrogens is 168 g/mol. The molecule has 0 aromatic heterocycles. The van der Waals surface area contributed by atoms with Crippen LogP contribution in [-0.2, 0) is 15.9 Å². The average Bonchev–Trinajstić information content (AvgIpc) is 1.95. The smallest absolute Gasteiger partial charge is 0.0838 e. The zero-order valence-electron chi connectivity index (χ0n) is 5.43. The molecule has 0 aliphatic rings. The van der Waals surface area contributed by atoms with Gasteiger partial charge in [-0.25, -0.2) is 0 Å². The van der Waals surface area contributed by atoms with Crippen LogP contribution < -0.4 is 0 Å². The predicted octanol–water partition coefficient (Wildman–Crippen LogP) is 2.44. The van der Waals surface area contributed by atoms with Crippen molar-refractivity contribution in [2.75, 3.05) is 0 Å². The van der Waals surface area contributed by atoms with Gasteiger partial charge in [0.15, 0.2) is 0 Å². The SMILES string of the molecule is Cc1c(Cl)cccc1[S+]=O. The Balaban J connectivity index is 3.27. The van der Waals surface area contributed by atoms with Gasteiger partial charge in [0.2, 0.25) is 0 Å². The first-order valence-electron chi connectivity index (χ1n) is 2.80. The Morgan fingerprint density at radius 3 is 2.70 bits per heavy atom. The molecule has 0 spiro atoms. The Morgan fingerprint density at radius 2 is 2.20 bits per heavy atom. The summed E-state index contributed by atoms with van der Waals surface area (Å²) in [5, 5.41) is 0.654. The minimum absolute atomic E-state index is 0.475. The van der Waals surface area contributed by atoms with Crippen LogP contribution >= 0.6 is 11.6 Å². The first-order valence-corrected chi connectivity index (χ1v) is 3.92. The normalized spacial score (nSPS) is 9.40. The molecule has 0 aliphatic carbocycles. The van der Waals surface area contributed by atoms with Crippen molar-refractivity contribution in [2.45, 2.75) is 11.8 Å². The van der Waals surface area contributed by atoms with E-state index >= 15 is 0 Å². The highest BCUT2D eigenvalue weighted by Crippen LogP contribution is 2.18. The molecule has 1 aromatic carbocycles. The first-order chi connectivity index (χ1) is 4.75. The summed E-state index contributed by atoms with van der Waals surface area (Å²) in [6.45, 7) is 1.84. The van der Waals surface area contributed by atoms with Crippen molar-refractivity contribution < 1.29 is 4.21 Å². The summed E-state index contributed by atoms with van der Waals surface area (Å²) >= 11 is 6.22. The molecular formula is C7H6ClOS+. The van der Waals surface area contributed by atoms with E-state index in [1.165, 1.54) is 0 Å². The van der Waals surface area contributed by atoms with Gasteiger partial charge in [-0.1, -0.05) is 17.7 Å². The van der Waals surface area contributed by atoms with E-state index in [4.69, 9.17) is 11.6 Å². The average molecular weight is 174 g/mol. The third-order valence-electron chi connectivity index (χ3n) is 1.31. The van der Waals surface area contributed by atoms with Crippen LogP contribution in [0.2, 0.25) is 5.02 Å². The maximum atomic E-state index is 10.4. The van der Waals surface area contributed by atoms with Gasteiger partial charge < -0.3 is 0 Å². The lowest BCUT2D eigenvalue weighted by molar-refractivity contribution is 0.604. The van der Waals surface area contributed by atoms with Crippen LogP contribution in [0.3, 0.4) is 0 Å². The minimum atomic E-state index is 0.475. The van der Waals surface area contributed by atoms with Crippen molar-refractivity contribution in [3.05, 3.63) is 28.8 Å². The quantitative estimate of drug-likeness (QED) is 0.597. The van der Waals surface area contributed by atoms with Gasteiger partial charge in [0.1, 0.15) is 0 Å². The second-order valence-corrected chi connectivity index (χ2v) is 2.96. The molecule has 1 nitrogen and oxygen atoms in total. The fourth-order valence-corrected chi connectivity index (χ4v) is 1.28. The molecule has 0 N–H and O–H groups in total. The van der Waals surface area contributed by atoms with Crippen molar-refractivity contribution in [1.29, 1.82) is 0 Å². The molecule has 0 aliphatic heterocycles. The molecule has 1 rings (SSSR count). The topological polar surface area (TPSA) is 17.1 Å². The Morgan fingerprint density at radius 1 is 1.50 bits per heavy atom. The maximum absolute atomic E-state index is 10.4. The van der Waals surface area contributed by atoms with Crippen molar-refractivity contribution >= 4 is 23.3 Å². The van der Waals surface area contributed by atoms with Gasteiger partial charge >= 0.3 is 11.7 Å². The summed E-state index contributed by atoms with van der Waals surface area (Å²) < 4.78 is 10.4. The first kappa shape index (κ1) is 7.63. The van der Waals surface area contributed by atoms with E-state index in [1.54, 1.807) is 18.2 Å². The van der Waals surface area contributed by atoms with Crippen molar-refractivity contribution in [3.8, 4) is 0 Å². The molecule has 0 unspecified atom stereocenters. The molecule has 3 heteroatoms. The highest BCUT2D eigenvalue weighted by molar-refractivity contribution is 7.65. The van der Waals surface area contributed by atoms with Crippen LogP contribution in [0.15, 0.2) is 23.1 Å². The lowest BCUT2D eigenvalue weighted by Crippen LogP contribution is -1.80. The van der Waals surface area contributed by atoms with Crippen LogP contribution in [0, 0.1) is 6.92 Å². The summed E-state index contributed by atoms with van der Waals surface area (Å²) in [7, 11) is 0. The lowest BCUT2D eigenvalue weighted by Gasteiger charge is -1.89. The number of hydrogen-bond acceptors (Lipinski definition) is 1. The van der Waals surface area contributed by atoms with E-state index in [1.807, 2.05) is 6.92 Å². The molecule has 0 atom stereocenters. The van der Waals surface area contributed by atoms with Crippen molar-refractivity contribution in [2.24, 2.45) is 0 Å². The second-order valence-electron chi connectivity index (χ2n) is 1.95. The van der Waals surface area contributed by atoms with Gasteiger partial charge in [-0.05, 0) is 13.0 Å². The van der Waals surface area contributed by atoms with Gasteiger partial charge in [0.05, 0.1) is 0 Å². The van der Waals surface area contributed by atoms with Gasteiger partial charge in [-0.15, -0.1) is 0 Å². The molecule has 0 radical (unpaired) electrons. The molecule has 0 fully saturated rings. The van der Waals surface area contributed by atoms with Crippen LogP contribution in [0.5, 0.6) is 0 Å². The second kappa shape index (κ2) is 3.08. The number of benzene rings is 1. The Hall–Kier alpha value is -0.470.